The third kappa shape index (κ3) is 2.62. The van der Waals surface area contributed by atoms with Gasteiger partial charge in [0, 0.05) is 19.0 Å². The molecule has 5 heteroatoms. The molecule has 82 valence electrons. The molecule has 0 radical (unpaired) electrons. The summed E-state index contributed by atoms with van der Waals surface area (Å²) in [6.45, 7) is 0.592. The molecule has 0 spiro atoms. The van der Waals surface area contributed by atoms with Gasteiger partial charge in [0.1, 0.15) is 0 Å². The Morgan fingerprint density at radius 1 is 1.67 bits per heavy atom. The second-order valence-electron chi connectivity index (χ2n) is 3.98. The third-order valence-corrected chi connectivity index (χ3v) is 3.15. The average molecular weight is 225 g/mol. The van der Waals surface area contributed by atoms with Crippen molar-refractivity contribution < 1.29 is 4.21 Å². The quantitative estimate of drug-likeness (QED) is 0.780. The highest BCUT2D eigenvalue weighted by Gasteiger charge is 2.41. The van der Waals surface area contributed by atoms with Crippen molar-refractivity contribution in [2.45, 2.75) is 24.9 Å². The summed E-state index contributed by atoms with van der Waals surface area (Å²) < 4.78 is 13.7. The molecule has 1 aromatic rings. The summed E-state index contributed by atoms with van der Waals surface area (Å²) in [5, 5.41) is 0. The van der Waals surface area contributed by atoms with E-state index in [-0.39, 0.29) is 5.54 Å². The molecular weight excluding hydrogens is 210 g/mol. The van der Waals surface area contributed by atoms with E-state index in [0.717, 1.165) is 24.1 Å². The van der Waals surface area contributed by atoms with Gasteiger partial charge in [-0.1, -0.05) is 0 Å². The van der Waals surface area contributed by atoms with Crippen LogP contribution in [0.25, 0.3) is 0 Å². The second kappa shape index (κ2) is 4.00. The lowest BCUT2D eigenvalue weighted by atomic mass is 10.1. The van der Waals surface area contributed by atoms with Crippen molar-refractivity contribution >= 4 is 11.0 Å². The fraction of sp³-hybridized carbons (Fsp3) is 0.500. The maximum Gasteiger partial charge on any atom is 0.0886 e. The van der Waals surface area contributed by atoms with Crippen molar-refractivity contribution in [1.29, 1.82) is 0 Å². The zero-order valence-corrected chi connectivity index (χ0v) is 9.51. The SMILES string of the molecule is CS(=O)NCc1ccnc(C2(N)CC2)c1. The van der Waals surface area contributed by atoms with Gasteiger partial charge in [-0.15, -0.1) is 0 Å². The van der Waals surface area contributed by atoms with Gasteiger partial charge >= 0.3 is 0 Å². The van der Waals surface area contributed by atoms with Gasteiger partial charge in [0.2, 0.25) is 0 Å². The summed E-state index contributed by atoms with van der Waals surface area (Å²) in [5.74, 6) is 0. The molecular formula is C10H15N3OS. The van der Waals surface area contributed by atoms with Crippen LogP contribution in [0.2, 0.25) is 0 Å². The van der Waals surface area contributed by atoms with Gasteiger partial charge in [-0.3, -0.25) is 4.98 Å². The van der Waals surface area contributed by atoms with Gasteiger partial charge in [-0.05, 0) is 30.5 Å². The van der Waals surface area contributed by atoms with E-state index in [2.05, 4.69) is 9.71 Å². The summed E-state index contributed by atoms with van der Waals surface area (Å²) in [6.07, 6.45) is 5.40. The fourth-order valence-electron chi connectivity index (χ4n) is 1.43. The van der Waals surface area contributed by atoms with Crippen LogP contribution < -0.4 is 10.5 Å². The van der Waals surface area contributed by atoms with Crippen LogP contribution in [-0.4, -0.2) is 15.4 Å². The maximum atomic E-state index is 10.9. The number of nitrogens with one attached hydrogen (secondary N) is 1. The molecule has 3 N–H and O–H groups in total. The van der Waals surface area contributed by atoms with E-state index in [0.29, 0.717) is 6.54 Å². The Morgan fingerprint density at radius 2 is 2.40 bits per heavy atom. The van der Waals surface area contributed by atoms with Crippen LogP contribution in [0.15, 0.2) is 18.3 Å². The number of rotatable bonds is 4. The van der Waals surface area contributed by atoms with Crippen molar-refractivity contribution in [3.8, 4) is 0 Å². The normalized spacial score (nSPS) is 19.9. The molecule has 1 atom stereocenters. The van der Waals surface area contributed by atoms with E-state index in [9.17, 15) is 4.21 Å². The molecule has 1 aliphatic carbocycles. The molecule has 0 bridgehead atoms. The molecule has 1 fully saturated rings. The lowest BCUT2D eigenvalue weighted by molar-refractivity contribution is 0.675. The fourth-order valence-corrected chi connectivity index (χ4v) is 1.80. The minimum atomic E-state index is -0.980. The van der Waals surface area contributed by atoms with Gasteiger partial charge in [0.05, 0.1) is 22.2 Å². The monoisotopic (exact) mass is 225 g/mol. The van der Waals surface area contributed by atoms with Crippen molar-refractivity contribution in [2.24, 2.45) is 5.73 Å². The van der Waals surface area contributed by atoms with Crippen molar-refractivity contribution in [3.63, 3.8) is 0 Å². The second-order valence-corrected chi connectivity index (χ2v) is 5.18. The average Bonchev–Trinajstić information content (AvgIpc) is 2.95. The van der Waals surface area contributed by atoms with Crippen LogP contribution in [-0.2, 0) is 23.1 Å². The molecule has 1 aliphatic rings. The van der Waals surface area contributed by atoms with Gasteiger partial charge in [0.15, 0.2) is 0 Å². The minimum Gasteiger partial charge on any atom is -0.320 e. The highest BCUT2D eigenvalue weighted by molar-refractivity contribution is 7.82. The largest absolute Gasteiger partial charge is 0.320 e. The van der Waals surface area contributed by atoms with E-state index in [1.54, 1.807) is 12.5 Å². The Balaban J connectivity index is 2.09. The van der Waals surface area contributed by atoms with Crippen LogP contribution in [0, 0.1) is 0 Å². The van der Waals surface area contributed by atoms with E-state index in [1.807, 2.05) is 12.1 Å². The standard InChI is InChI=1S/C10H15N3OS/c1-15(14)13-7-8-2-5-12-9(6-8)10(11)3-4-10/h2,5-6,13H,3-4,7,11H2,1H3. The Kier molecular flexibility index (Phi) is 2.86. The first-order valence-electron chi connectivity index (χ1n) is 4.91. The predicted octanol–water partition coefficient (Wildman–Crippen LogP) is 0.412. The van der Waals surface area contributed by atoms with E-state index in [1.165, 1.54) is 0 Å². The first kappa shape index (κ1) is 10.7. The van der Waals surface area contributed by atoms with Crippen molar-refractivity contribution in [2.75, 3.05) is 6.26 Å². The molecule has 0 aromatic carbocycles. The zero-order chi connectivity index (χ0) is 10.9. The summed E-state index contributed by atoms with van der Waals surface area (Å²) in [7, 11) is -0.980. The highest BCUT2D eigenvalue weighted by atomic mass is 32.2. The van der Waals surface area contributed by atoms with Gasteiger partial charge in [0.25, 0.3) is 0 Å². The van der Waals surface area contributed by atoms with Crippen molar-refractivity contribution in [1.82, 2.24) is 9.71 Å². The molecule has 1 aromatic heterocycles. The molecule has 2 rings (SSSR count). The van der Waals surface area contributed by atoms with Crippen LogP contribution in [0.1, 0.15) is 24.1 Å². The Morgan fingerprint density at radius 3 is 3.00 bits per heavy atom. The van der Waals surface area contributed by atoms with E-state index in [4.69, 9.17) is 5.73 Å². The third-order valence-electron chi connectivity index (χ3n) is 2.60. The predicted molar refractivity (Wildman–Crippen MR) is 60.2 cm³/mol. The summed E-state index contributed by atoms with van der Waals surface area (Å²) in [4.78, 5) is 4.27. The van der Waals surface area contributed by atoms with Gasteiger partial charge in [-0.2, -0.15) is 0 Å². The molecule has 0 amide bonds. The first-order valence-corrected chi connectivity index (χ1v) is 6.47. The Hall–Kier alpha value is -0.780. The summed E-state index contributed by atoms with van der Waals surface area (Å²) in [6, 6.07) is 3.90. The van der Waals surface area contributed by atoms with Gasteiger partial charge < -0.3 is 5.73 Å². The molecule has 1 unspecified atom stereocenters. The highest BCUT2D eigenvalue weighted by Crippen LogP contribution is 2.41. The molecule has 0 saturated heterocycles. The molecule has 1 heterocycles. The van der Waals surface area contributed by atoms with Crippen LogP contribution in [0.5, 0.6) is 0 Å². The molecule has 15 heavy (non-hydrogen) atoms. The van der Waals surface area contributed by atoms with Crippen molar-refractivity contribution in [3.05, 3.63) is 29.6 Å². The number of aromatic nitrogens is 1. The summed E-state index contributed by atoms with van der Waals surface area (Å²) >= 11 is 0. The Labute approximate surface area is 91.9 Å². The smallest absolute Gasteiger partial charge is 0.0886 e. The lowest BCUT2D eigenvalue weighted by Crippen LogP contribution is -2.21. The summed E-state index contributed by atoms with van der Waals surface area (Å²) in [5.41, 5.74) is 7.88. The number of hydrogen-bond acceptors (Lipinski definition) is 3. The zero-order valence-electron chi connectivity index (χ0n) is 8.69. The molecule has 0 aliphatic heterocycles. The van der Waals surface area contributed by atoms with Crippen LogP contribution in [0.3, 0.4) is 0 Å². The number of nitrogens with zero attached hydrogens (tertiary/aromatic N) is 1. The molecule has 1 saturated carbocycles. The van der Waals surface area contributed by atoms with Gasteiger partial charge in [-0.25, -0.2) is 8.93 Å². The van der Waals surface area contributed by atoms with E-state index < -0.39 is 11.0 Å². The maximum absolute atomic E-state index is 10.9. The Bertz CT molecular complexity index is 390. The number of nitrogens with two attached hydrogens (primary N) is 1. The van der Waals surface area contributed by atoms with E-state index >= 15 is 0 Å². The lowest BCUT2D eigenvalue weighted by Gasteiger charge is -2.09. The number of pyridine rings is 1. The number of hydrogen-bond donors (Lipinski definition) is 2. The van der Waals surface area contributed by atoms with Crippen LogP contribution >= 0.6 is 0 Å². The topological polar surface area (TPSA) is 68.0 Å². The minimum absolute atomic E-state index is 0.193. The first-order chi connectivity index (χ1) is 7.10. The van der Waals surface area contributed by atoms with Crippen LogP contribution in [0.4, 0.5) is 0 Å². The molecule has 4 nitrogen and oxygen atoms in total.